The number of hydrogen-bond donors (Lipinski definition) is 0. The molecule has 0 bridgehead atoms. The molecule has 0 radical (unpaired) electrons. The zero-order chi connectivity index (χ0) is 15.0. The van der Waals surface area contributed by atoms with Gasteiger partial charge in [0.2, 0.25) is 0 Å². The minimum absolute atomic E-state index is 0.0533. The summed E-state index contributed by atoms with van der Waals surface area (Å²) in [7, 11) is 0. The van der Waals surface area contributed by atoms with Gasteiger partial charge in [-0.1, -0.05) is 6.07 Å². The normalized spacial score (nSPS) is 10.8. The van der Waals surface area contributed by atoms with E-state index in [9.17, 15) is 8.78 Å². The highest BCUT2D eigenvalue weighted by Crippen LogP contribution is 2.26. The lowest BCUT2D eigenvalue weighted by molar-refractivity contribution is 0.622. The van der Waals surface area contributed by atoms with Crippen molar-refractivity contribution >= 4 is 22.6 Å². The lowest BCUT2D eigenvalue weighted by Crippen LogP contribution is -2.03. The van der Waals surface area contributed by atoms with Crippen molar-refractivity contribution in [3.63, 3.8) is 0 Å². The van der Waals surface area contributed by atoms with Crippen LogP contribution in [0.2, 0.25) is 0 Å². The highest BCUT2D eigenvalue weighted by Gasteiger charge is 2.17. The molecule has 0 aliphatic carbocycles. The average molecular weight is 304 g/mol. The topological polar surface area (TPSA) is 41.6 Å². The zero-order valence-corrected chi connectivity index (χ0v) is 11.4. The molecule has 6 heteroatoms. The van der Waals surface area contributed by atoms with E-state index in [1.54, 1.807) is 10.6 Å². The largest absolute Gasteiger partial charge is 0.294 e. The first-order chi connectivity index (χ1) is 10.2. The van der Waals surface area contributed by atoms with E-state index in [4.69, 9.17) is 16.9 Å². The maximum absolute atomic E-state index is 13.8. The third-order valence-electron chi connectivity index (χ3n) is 3.15. The van der Waals surface area contributed by atoms with E-state index in [0.29, 0.717) is 22.5 Å². The van der Waals surface area contributed by atoms with E-state index in [1.807, 2.05) is 6.07 Å². The molecular formula is C15H8ClF2N3. The molecule has 0 atom stereocenters. The van der Waals surface area contributed by atoms with Crippen LogP contribution in [0, 0.1) is 23.0 Å². The number of nitriles is 1. The Morgan fingerprint density at radius 2 is 2.05 bits per heavy atom. The van der Waals surface area contributed by atoms with E-state index in [1.165, 1.54) is 30.3 Å². The molecule has 0 saturated carbocycles. The number of halogens is 3. The van der Waals surface area contributed by atoms with Crippen molar-refractivity contribution in [2.45, 2.75) is 5.88 Å². The summed E-state index contributed by atoms with van der Waals surface area (Å²) in [6.07, 6.45) is 0. The molecule has 3 nitrogen and oxygen atoms in total. The van der Waals surface area contributed by atoms with Crippen molar-refractivity contribution in [1.29, 1.82) is 5.26 Å². The Morgan fingerprint density at radius 1 is 1.24 bits per heavy atom. The molecule has 0 fully saturated rings. The van der Waals surface area contributed by atoms with Gasteiger partial charge < -0.3 is 0 Å². The van der Waals surface area contributed by atoms with Gasteiger partial charge in [-0.3, -0.25) is 4.57 Å². The maximum Gasteiger partial charge on any atom is 0.143 e. The molecule has 0 unspecified atom stereocenters. The third kappa shape index (κ3) is 2.14. The maximum atomic E-state index is 13.8. The molecule has 1 aromatic heterocycles. The minimum atomic E-state index is -0.625. The van der Waals surface area contributed by atoms with Gasteiger partial charge in [-0.25, -0.2) is 13.8 Å². The van der Waals surface area contributed by atoms with Crippen molar-refractivity contribution in [2.75, 3.05) is 0 Å². The van der Waals surface area contributed by atoms with Crippen LogP contribution in [0.4, 0.5) is 8.78 Å². The summed E-state index contributed by atoms with van der Waals surface area (Å²) in [4.78, 5) is 4.23. The zero-order valence-electron chi connectivity index (χ0n) is 10.6. The van der Waals surface area contributed by atoms with Crippen molar-refractivity contribution < 1.29 is 8.78 Å². The highest BCUT2D eigenvalue weighted by atomic mass is 35.5. The summed E-state index contributed by atoms with van der Waals surface area (Å²) >= 11 is 5.87. The number of benzene rings is 2. The second kappa shape index (κ2) is 5.15. The van der Waals surface area contributed by atoms with Crippen LogP contribution < -0.4 is 0 Å². The molecule has 3 rings (SSSR count). The molecule has 0 spiro atoms. The summed E-state index contributed by atoms with van der Waals surface area (Å²) < 4.78 is 28.7. The predicted molar refractivity (Wildman–Crippen MR) is 75.3 cm³/mol. The number of nitrogens with zero attached hydrogens (tertiary/aromatic N) is 3. The number of imidazole rings is 1. The number of hydrogen-bond acceptors (Lipinski definition) is 2. The molecule has 0 amide bonds. The Kier molecular flexibility index (Phi) is 3.32. The average Bonchev–Trinajstić information content (AvgIpc) is 2.84. The molecule has 3 aromatic rings. The summed E-state index contributed by atoms with van der Waals surface area (Å²) in [6, 6.07) is 10.2. The van der Waals surface area contributed by atoms with Crippen LogP contribution in [-0.2, 0) is 5.88 Å². The van der Waals surface area contributed by atoms with Crippen molar-refractivity contribution in [1.82, 2.24) is 9.55 Å². The lowest BCUT2D eigenvalue weighted by atomic mass is 10.1. The Balaban J connectivity index is 2.40. The standard InChI is InChI=1S/C15H8ClF2N3/c16-7-15-20-12-6-9(17)4-5-14(12)21(15)13-3-1-2-11(18)10(13)8-19/h1-6H,7H2. The number of fused-ring (bicyclic) bond motifs is 1. The number of alkyl halides is 1. The molecule has 21 heavy (non-hydrogen) atoms. The Hall–Kier alpha value is -2.45. The number of rotatable bonds is 2. The molecule has 104 valence electrons. The van der Waals surface area contributed by atoms with Gasteiger partial charge in [-0.15, -0.1) is 11.6 Å². The third-order valence-corrected chi connectivity index (χ3v) is 3.39. The van der Waals surface area contributed by atoms with Crippen LogP contribution in [-0.4, -0.2) is 9.55 Å². The molecule has 0 aliphatic rings. The van der Waals surface area contributed by atoms with Gasteiger partial charge in [-0.2, -0.15) is 5.26 Å². The van der Waals surface area contributed by atoms with E-state index in [0.717, 1.165) is 0 Å². The number of aromatic nitrogens is 2. The molecule has 0 aliphatic heterocycles. The summed E-state index contributed by atoms with van der Waals surface area (Å²) in [5.74, 6) is -0.579. The fourth-order valence-corrected chi connectivity index (χ4v) is 2.45. The molecule has 1 heterocycles. The Bertz CT molecular complexity index is 880. The summed E-state index contributed by atoms with van der Waals surface area (Å²) in [5.41, 5.74) is 1.20. The highest BCUT2D eigenvalue weighted by molar-refractivity contribution is 6.17. The monoisotopic (exact) mass is 303 g/mol. The van der Waals surface area contributed by atoms with E-state index >= 15 is 0 Å². The molecular weight excluding hydrogens is 296 g/mol. The van der Waals surface area contributed by atoms with Gasteiger partial charge in [0.05, 0.1) is 22.6 Å². The quantitative estimate of drug-likeness (QED) is 0.673. The first-order valence-corrected chi connectivity index (χ1v) is 6.61. The fourth-order valence-electron chi connectivity index (χ4n) is 2.27. The van der Waals surface area contributed by atoms with Gasteiger partial charge in [0, 0.05) is 6.07 Å². The first-order valence-electron chi connectivity index (χ1n) is 6.07. The summed E-state index contributed by atoms with van der Waals surface area (Å²) in [5, 5.41) is 9.16. The van der Waals surface area contributed by atoms with Gasteiger partial charge >= 0.3 is 0 Å². The van der Waals surface area contributed by atoms with Crippen LogP contribution in [0.1, 0.15) is 11.4 Å². The van der Waals surface area contributed by atoms with E-state index in [2.05, 4.69) is 4.98 Å². The molecule has 2 aromatic carbocycles. The van der Waals surface area contributed by atoms with Crippen LogP contribution in [0.5, 0.6) is 0 Å². The Morgan fingerprint density at radius 3 is 2.76 bits per heavy atom. The summed E-state index contributed by atoms with van der Waals surface area (Å²) in [6.45, 7) is 0. The SMILES string of the molecule is N#Cc1c(F)cccc1-n1c(CCl)nc2cc(F)ccc21. The van der Waals surface area contributed by atoms with Crippen molar-refractivity contribution in [3.8, 4) is 11.8 Å². The van der Waals surface area contributed by atoms with Crippen LogP contribution >= 0.6 is 11.6 Å². The smallest absolute Gasteiger partial charge is 0.143 e. The minimum Gasteiger partial charge on any atom is -0.294 e. The van der Waals surface area contributed by atoms with Crippen molar-refractivity contribution in [3.05, 3.63) is 59.4 Å². The van der Waals surface area contributed by atoms with E-state index in [-0.39, 0.29) is 11.4 Å². The van der Waals surface area contributed by atoms with Crippen LogP contribution in [0.25, 0.3) is 16.7 Å². The second-order valence-corrected chi connectivity index (χ2v) is 4.64. The van der Waals surface area contributed by atoms with Gasteiger partial charge in [-0.05, 0) is 24.3 Å². The fraction of sp³-hybridized carbons (Fsp3) is 0.0667. The molecule has 0 N–H and O–H groups in total. The second-order valence-electron chi connectivity index (χ2n) is 4.38. The predicted octanol–water partition coefficient (Wildman–Crippen LogP) is 3.91. The van der Waals surface area contributed by atoms with Crippen LogP contribution in [0.3, 0.4) is 0 Å². The Labute approximate surface area is 124 Å². The van der Waals surface area contributed by atoms with Crippen LogP contribution in [0.15, 0.2) is 36.4 Å². The molecule has 0 saturated heterocycles. The van der Waals surface area contributed by atoms with Gasteiger partial charge in [0.15, 0.2) is 0 Å². The van der Waals surface area contributed by atoms with Gasteiger partial charge in [0.25, 0.3) is 0 Å². The van der Waals surface area contributed by atoms with Gasteiger partial charge in [0.1, 0.15) is 29.1 Å². The van der Waals surface area contributed by atoms with E-state index < -0.39 is 11.6 Å². The van der Waals surface area contributed by atoms with Crippen molar-refractivity contribution in [2.24, 2.45) is 0 Å². The lowest BCUT2D eigenvalue weighted by Gasteiger charge is -2.10. The first kappa shape index (κ1) is 13.5.